The summed E-state index contributed by atoms with van der Waals surface area (Å²) in [6.07, 6.45) is 1.39. The molecule has 2 heterocycles. The molecule has 0 saturated heterocycles. The first kappa shape index (κ1) is 15.8. The van der Waals surface area contributed by atoms with Crippen molar-refractivity contribution in [1.82, 2.24) is 10.3 Å². The summed E-state index contributed by atoms with van der Waals surface area (Å²) in [4.78, 5) is 16.6. The van der Waals surface area contributed by atoms with E-state index >= 15 is 0 Å². The van der Waals surface area contributed by atoms with Crippen LogP contribution in [0.5, 0.6) is 0 Å². The Morgan fingerprint density at radius 2 is 2.33 bits per heavy atom. The highest BCUT2D eigenvalue weighted by Gasteiger charge is 2.15. The molecule has 7 heteroatoms. The van der Waals surface area contributed by atoms with E-state index in [4.69, 9.17) is 11.6 Å². The molecule has 5 nitrogen and oxygen atoms in total. The standard InChI is InChI=1S/C14H16ClN3O2S/c1-9(7-11(19)12-3-2-6-21-12)17-14(20)18-10-4-5-16-13(15)8-10/h2-6,8-9,11,19H,7H2,1H3,(H2,16,17,18,20). The van der Waals surface area contributed by atoms with Gasteiger partial charge in [-0.1, -0.05) is 17.7 Å². The SMILES string of the molecule is CC(CC(O)c1cccs1)NC(=O)Nc1ccnc(Cl)c1. The minimum Gasteiger partial charge on any atom is -0.387 e. The lowest BCUT2D eigenvalue weighted by molar-refractivity contribution is 0.158. The number of amides is 2. The van der Waals surface area contributed by atoms with Crippen LogP contribution in [-0.2, 0) is 0 Å². The fourth-order valence-corrected chi connectivity index (χ4v) is 2.76. The van der Waals surface area contributed by atoms with Crippen LogP contribution in [-0.4, -0.2) is 22.2 Å². The Hall–Kier alpha value is -1.63. The van der Waals surface area contributed by atoms with Crippen LogP contribution in [0, 0.1) is 0 Å². The minimum atomic E-state index is -0.573. The van der Waals surface area contributed by atoms with Crippen molar-refractivity contribution in [2.75, 3.05) is 5.32 Å². The Kier molecular flexibility index (Phi) is 5.55. The van der Waals surface area contributed by atoms with Gasteiger partial charge in [0, 0.05) is 22.8 Å². The van der Waals surface area contributed by atoms with Gasteiger partial charge in [-0.05, 0) is 36.9 Å². The number of aliphatic hydroxyl groups excluding tert-OH is 1. The molecule has 2 amide bonds. The quantitative estimate of drug-likeness (QED) is 0.737. The molecule has 0 bridgehead atoms. The van der Waals surface area contributed by atoms with Gasteiger partial charge in [0.25, 0.3) is 0 Å². The number of urea groups is 1. The molecule has 2 rings (SSSR count). The van der Waals surface area contributed by atoms with E-state index < -0.39 is 6.10 Å². The average molecular weight is 326 g/mol. The first-order chi connectivity index (χ1) is 10.0. The normalized spacial score (nSPS) is 13.5. The number of hydrogen-bond acceptors (Lipinski definition) is 4. The van der Waals surface area contributed by atoms with Gasteiger partial charge >= 0.3 is 6.03 Å². The maximum Gasteiger partial charge on any atom is 0.319 e. The van der Waals surface area contributed by atoms with Gasteiger partial charge in [-0.3, -0.25) is 0 Å². The Morgan fingerprint density at radius 1 is 1.52 bits per heavy atom. The fourth-order valence-electron chi connectivity index (χ4n) is 1.86. The molecule has 0 aliphatic rings. The molecular weight excluding hydrogens is 310 g/mol. The number of carbonyl (C=O) groups excluding carboxylic acids is 1. The zero-order chi connectivity index (χ0) is 15.2. The van der Waals surface area contributed by atoms with Gasteiger partial charge in [0.1, 0.15) is 5.15 Å². The highest BCUT2D eigenvalue weighted by Crippen LogP contribution is 2.22. The van der Waals surface area contributed by atoms with Crippen molar-refractivity contribution < 1.29 is 9.90 Å². The van der Waals surface area contributed by atoms with Gasteiger partial charge in [0.05, 0.1) is 6.10 Å². The van der Waals surface area contributed by atoms with Crippen LogP contribution in [0.15, 0.2) is 35.8 Å². The number of thiophene rings is 1. The zero-order valence-corrected chi connectivity index (χ0v) is 13.0. The number of aromatic nitrogens is 1. The highest BCUT2D eigenvalue weighted by atomic mass is 35.5. The molecule has 21 heavy (non-hydrogen) atoms. The lowest BCUT2D eigenvalue weighted by Gasteiger charge is -2.17. The molecule has 0 aliphatic heterocycles. The van der Waals surface area contributed by atoms with Gasteiger partial charge in [0.15, 0.2) is 0 Å². The Balaban J connectivity index is 1.82. The van der Waals surface area contributed by atoms with E-state index in [0.29, 0.717) is 17.3 Å². The molecule has 3 N–H and O–H groups in total. The molecule has 2 aromatic heterocycles. The van der Waals surface area contributed by atoms with E-state index in [1.165, 1.54) is 17.5 Å². The lowest BCUT2D eigenvalue weighted by Crippen LogP contribution is -2.36. The first-order valence-electron chi connectivity index (χ1n) is 6.45. The molecular formula is C14H16ClN3O2S. The minimum absolute atomic E-state index is 0.167. The smallest absolute Gasteiger partial charge is 0.319 e. The van der Waals surface area contributed by atoms with Crippen LogP contribution in [0.2, 0.25) is 5.15 Å². The lowest BCUT2D eigenvalue weighted by atomic mass is 10.1. The highest BCUT2D eigenvalue weighted by molar-refractivity contribution is 7.10. The van der Waals surface area contributed by atoms with Gasteiger partial charge in [0.2, 0.25) is 0 Å². The van der Waals surface area contributed by atoms with Crippen molar-refractivity contribution in [1.29, 1.82) is 0 Å². The summed E-state index contributed by atoms with van der Waals surface area (Å²) in [6, 6.07) is 6.47. The molecule has 0 aliphatic carbocycles. The predicted molar refractivity (Wildman–Crippen MR) is 84.8 cm³/mol. The summed E-state index contributed by atoms with van der Waals surface area (Å²) < 4.78 is 0. The van der Waals surface area contributed by atoms with Crippen molar-refractivity contribution in [2.45, 2.75) is 25.5 Å². The van der Waals surface area contributed by atoms with E-state index in [9.17, 15) is 9.90 Å². The van der Waals surface area contributed by atoms with Crippen LogP contribution in [0.3, 0.4) is 0 Å². The summed E-state index contributed by atoms with van der Waals surface area (Å²) in [5.74, 6) is 0. The van der Waals surface area contributed by atoms with E-state index in [1.807, 2.05) is 24.4 Å². The third-order valence-electron chi connectivity index (χ3n) is 2.81. The Labute approximate surface area is 132 Å². The van der Waals surface area contributed by atoms with Crippen LogP contribution >= 0.6 is 22.9 Å². The molecule has 0 radical (unpaired) electrons. The zero-order valence-electron chi connectivity index (χ0n) is 11.4. The summed E-state index contributed by atoms with van der Waals surface area (Å²) in [6.45, 7) is 1.84. The van der Waals surface area contributed by atoms with Gasteiger partial charge < -0.3 is 15.7 Å². The van der Waals surface area contributed by atoms with E-state index in [0.717, 1.165) is 4.88 Å². The first-order valence-corrected chi connectivity index (χ1v) is 7.71. The Bertz CT molecular complexity index is 592. The van der Waals surface area contributed by atoms with E-state index in [-0.39, 0.29) is 12.1 Å². The van der Waals surface area contributed by atoms with Crippen LogP contribution in [0.1, 0.15) is 24.3 Å². The topological polar surface area (TPSA) is 74.2 Å². The second kappa shape index (κ2) is 7.40. The molecule has 0 fully saturated rings. The number of carbonyl (C=O) groups is 1. The van der Waals surface area contributed by atoms with Crippen molar-refractivity contribution in [3.63, 3.8) is 0 Å². The maximum absolute atomic E-state index is 11.8. The summed E-state index contributed by atoms with van der Waals surface area (Å²) in [5.41, 5.74) is 0.568. The third kappa shape index (κ3) is 5.00. The summed E-state index contributed by atoms with van der Waals surface area (Å²) >= 11 is 7.24. The van der Waals surface area contributed by atoms with E-state index in [1.54, 1.807) is 12.1 Å². The number of nitrogens with one attached hydrogen (secondary N) is 2. The monoisotopic (exact) mass is 325 g/mol. The number of halogens is 1. The van der Waals surface area contributed by atoms with Crippen LogP contribution < -0.4 is 10.6 Å². The number of nitrogens with zero attached hydrogens (tertiary/aromatic N) is 1. The van der Waals surface area contributed by atoms with Crippen molar-refractivity contribution in [3.05, 3.63) is 45.9 Å². The third-order valence-corrected chi connectivity index (χ3v) is 3.99. The second-order valence-electron chi connectivity index (χ2n) is 4.63. The second-order valence-corrected chi connectivity index (χ2v) is 6.00. The average Bonchev–Trinajstić information content (AvgIpc) is 2.91. The number of rotatable bonds is 5. The fraction of sp³-hybridized carbons (Fsp3) is 0.286. The largest absolute Gasteiger partial charge is 0.387 e. The number of aliphatic hydroxyl groups is 1. The Morgan fingerprint density at radius 3 is 3.00 bits per heavy atom. The van der Waals surface area contributed by atoms with Gasteiger partial charge in [-0.15, -0.1) is 11.3 Å². The summed E-state index contributed by atoms with van der Waals surface area (Å²) in [7, 11) is 0. The number of pyridine rings is 1. The number of hydrogen-bond donors (Lipinski definition) is 3. The van der Waals surface area contributed by atoms with Crippen molar-refractivity contribution in [2.24, 2.45) is 0 Å². The molecule has 0 spiro atoms. The van der Waals surface area contributed by atoms with Crippen LogP contribution in [0.4, 0.5) is 10.5 Å². The number of anilines is 1. The van der Waals surface area contributed by atoms with Gasteiger partial charge in [-0.2, -0.15) is 0 Å². The molecule has 112 valence electrons. The van der Waals surface area contributed by atoms with Crippen molar-refractivity contribution in [3.8, 4) is 0 Å². The maximum atomic E-state index is 11.8. The predicted octanol–water partition coefficient (Wildman–Crippen LogP) is 3.43. The van der Waals surface area contributed by atoms with E-state index in [2.05, 4.69) is 15.6 Å². The molecule has 2 aromatic rings. The van der Waals surface area contributed by atoms with Gasteiger partial charge in [-0.25, -0.2) is 9.78 Å². The molecule has 0 aromatic carbocycles. The van der Waals surface area contributed by atoms with Crippen molar-refractivity contribution >= 4 is 34.7 Å². The molecule has 2 atom stereocenters. The summed E-state index contributed by atoms with van der Waals surface area (Å²) in [5, 5.41) is 17.7. The molecule has 0 saturated carbocycles. The molecule has 2 unspecified atom stereocenters. The van der Waals surface area contributed by atoms with Crippen LogP contribution in [0.25, 0.3) is 0 Å².